The summed E-state index contributed by atoms with van der Waals surface area (Å²) >= 11 is 0. The highest BCUT2D eigenvalue weighted by atomic mass is 32.2. The Kier molecular flexibility index (Phi) is 11.4. The fourth-order valence-corrected chi connectivity index (χ4v) is 6.00. The van der Waals surface area contributed by atoms with Gasteiger partial charge in [-0.15, -0.1) is 0 Å². The van der Waals surface area contributed by atoms with Crippen LogP contribution in [0.2, 0.25) is 25.7 Å². The summed E-state index contributed by atoms with van der Waals surface area (Å²) in [5.74, 6) is 0.208. The second-order valence-electron chi connectivity index (χ2n) is 14.2. The van der Waals surface area contributed by atoms with E-state index >= 15 is 0 Å². The number of hydrogen-bond acceptors (Lipinski definition) is 5. The number of nitrogens with one attached hydrogen (secondary N) is 2. The molecule has 0 spiro atoms. The first kappa shape index (κ1) is 38.2. The van der Waals surface area contributed by atoms with Crippen molar-refractivity contribution in [3.63, 3.8) is 0 Å². The van der Waals surface area contributed by atoms with Crippen LogP contribution >= 0.6 is 0 Å². The minimum Gasteiger partial charge on any atom is -0.364 e. The van der Waals surface area contributed by atoms with E-state index in [1.807, 2.05) is 5.32 Å². The second-order valence-corrected chi connectivity index (χ2v) is 21.9. The van der Waals surface area contributed by atoms with E-state index < -0.39 is 79.1 Å². The molecule has 0 bridgehead atoms. The molecule has 0 unspecified atom stereocenters. The van der Waals surface area contributed by atoms with E-state index in [2.05, 4.69) is 24.4 Å². The topological polar surface area (TPSA) is 97.7 Å². The first-order valence-corrected chi connectivity index (χ1v) is 19.8. The van der Waals surface area contributed by atoms with Gasteiger partial charge >= 0.3 is 18.4 Å². The van der Waals surface area contributed by atoms with E-state index in [4.69, 9.17) is 14.5 Å². The quantitative estimate of drug-likeness (QED) is 0.136. The average molecular weight is 702 g/mol. The Morgan fingerprint density at radius 2 is 1.74 bits per heavy atom. The molecule has 262 valence electrons. The van der Waals surface area contributed by atoms with Crippen LogP contribution in [0.3, 0.4) is 0 Å². The number of ether oxygens (including phenoxy) is 2. The molecule has 1 aliphatic rings. The Labute approximate surface area is 269 Å². The van der Waals surface area contributed by atoms with Crippen molar-refractivity contribution in [3.05, 3.63) is 29.6 Å². The zero-order chi connectivity index (χ0) is 35.0. The van der Waals surface area contributed by atoms with Crippen molar-refractivity contribution in [2.24, 2.45) is 0 Å². The maximum atomic E-state index is 13.7. The van der Waals surface area contributed by atoms with Gasteiger partial charge in [-0.2, -0.15) is 26.3 Å². The minimum absolute atomic E-state index is 0.0179. The number of benzene rings is 1. The van der Waals surface area contributed by atoms with Gasteiger partial charge in [-0.05, 0) is 65.3 Å². The van der Waals surface area contributed by atoms with Crippen LogP contribution in [0.25, 0.3) is 11.0 Å². The second kappa shape index (κ2) is 13.7. The summed E-state index contributed by atoms with van der Waals surface area (Å²) in [6, 6.07) is 1.12. The van der Waals surface area contributed by atoms with E-state index in [9.17, 15) is 35.3 Å². The van der Waals surface area contributed by atoms with Crippen LogP contribution in [-0.2, 0) is 27.2 Å². The lowest BCUT2D eigenvalue weighted by Gasteiger charge is -2.31. The first-order valence-electron chi connectivity index (χ1n) is 14.9. The van der Waals surface area contributed by atoms with Gasteiger partial charge in [-0.3, -0.25) is 0 Å². The predicted octanol–water partition coefficient (Wildman–Crippen LogP) is 6.82. The number of rotatable bonds is 13. The number of urea groups is 1. The van der Waals surface area contributed by atoms with Crippen LogP contribution in [0.1, 0.15) is 65.0 Å². The molecule has 2 heterocycles. The average Bonchev–Trinajstić information content (AvgIpc) is 3.46. The fraction of sp³-hybridized carbons (Fsp3) is 0.724. The van der Waals surface area contributed by atoms with Crippen molar-refractivity contribution in [1.82, 2.24) is 24.5 Å². The number of carbonyl (C=O) groups is 1. The molecule has 0 radical (unpaired) electrons. The van der Waals surface area contributed by atoms with E-state index in [0.29, 0.717) is 23.2 Å². The Morgan fingerprint density at radius 1 is 1.11 bits per heavy atom. The van der Waals surface area contributed by atoms with Gasteiger partial charge in [0, 0.05) is 14.7 Å². The first-order chi connectivity index (χ1) is 20.8. The van der Waals surface area contributed by atoms with Crippen LogP contribution in [0.5, 0.6) is 0 Å². The largest absolute Gasteiger partial charge is 0.416 e. The Hall–Kier alpha value is -2.21. The number of imidazole rings is 1. The Balaban J connectivity index is 2.06. The van der Waals surface area contributed by atoms with Crippen molar-refractivity contribution < 1.29 is 44.8 Å². The zero-order valence-electron chi connectivity index (χ0n) is 27.7. The van der Waals surface area contributed by atoms with Crippen molar-refractivity contribution in [1.29, 1.82) is 0 Å². The maximum Gasteiger partial charge on any atom is 0.416 e. The molecule has 9 nitrogen and oxygen atoms in total. The molecule has 46 heavy (non-hydrogen) atoms. The van der Waals surface area contributed by atoms with Gasteiger partial charge < -0.3 is 24.3 Å². The van der Waals surface area contributed by atoms with Crippen molar-refractivity contribution in [2.45, 2.75) is 115 Å². The number of aromatic nitrogens is 2. The fourth-order valence-electron chi connectivity index (χ4n) is 4.46. The van der Waals surface area contributed by atoms with E-state index in [1.165, 1.54) is 0 Å². The summed E-state index contributed by atoms with van der Waals surface area (Å²) in [5, 5.41) is 1.96. The molecule has 0 aliphatic carbocycles. The van der Waals surface area contributed by atoms with Gasteiger partial charge in [-0.1, -0.05) is 25.7 Å². The molecule has 2 N–H and O–H groups in total. The maximum absolute atomic E-state index is 13.7. The number of alkyl halides is 6. The minimum atomic E-state index is -4.68. The smallest absolute Gasteiger partial charge is 0.364 e. The number of carbonyl (C=O) groups excluding carboxylic acids is 1. The molecule has 1 aliphatic heterocycles. The number of nitrogens with zero attached hydrogens (tertiary/aromatic N) is 3. The third kappa shape index (κ3) is 9.45. The van der Waals surface area contributed by atoms with Crippen molar-refractivity contribution in [2.75, 3.05) is 19.8 Å². The van der Waals surface area contributed by atoms with Crippen molar-refractivity contribution >= 4 is 36.1 Å². The summed E-state index contributed by atoms with van der Waals surface area (Å²) in [5.41, 5.74) is -1.13. The highest BCUT2D eigenvalue weighted by Crippen LogP contribution is 2.35. The highest BCUT2D eigenvalue weighted by Gasteiger charge is 2.49. The number of fused-ring (bicyclic) bond motifs is 1. The molecule has 4 atom stereocenters. The molecule has 1 fully saturated rings. The van der Waals surface area contributed by atoms with Crippen LogP contribution in [0.4, 0.5) is 31.1 Å². The summed E-state index contributed by atoms with van der Waals surface area (Å²) < 4.78 is 109. The van der Waals surface area contributed by atoms with E-state index in [-0.39, 0.29) is 12.6 Å². The molecule has 1 aromatic heterocycles. The van der Waals surface area contributed by atoms with E-state index in [1.54, 1.807) is 50.5 Å². The molecule has 3 rings (SSSR count). The van der Waals surface area contributed by atoms with Crippen LogP contribution in [0, 0.1) is 0 Å². The van der Waals surface area contributed by atoms with Gasteiger partial charge in [0.1, 0.15) is 24.6 Å². The monoisotopic (exact) mass is 701 g/mol. The molecular formula is C29H45F6N5O4SSi. The third-order valence-electron chi connectivity index (χ3n) is 7.71. The lowest BCUT2D eigenvalue weighted by Crippen LogP contribution is -2.45. The van der Waals surface area contributed by atoms with Gasteiger partial charge in [0.15, 0.2) is 5.60 Å². The van der Waals surface area contributed by atoms with E-state index in [0.717, 1.165) is 24.8 Å². The van der Waals surface area contributed by atoms with Gasteiger partial charge in [0.05, 0.1) is 46.0 Å². The van der Waals surface area contributed by atoms with Crippen LogP contribution < -0.4 is 10.0 Å². The number of hydrogen-bond donors (Lipinski definition) is 2. The normalized spacial score (nSPS) is 19.1. The highest BCUT2D eigenvalue weighted by molar-refractivity contribution is 7.84. The molecule has 17 heteroatoms. The molecule has 0 saturated carbocycles. The lowest BCUT2D eigenvalue weighted by molar-refractivity contribution is -0.265. The Bertz CT molecular complexity index is 1400. The Morgan fingerprint density at radius 3 is 2.26 bits per heavy atom. The standard InChI is InChI=1S/C29H45F6N5O4SSi/c1-18(39-15-23(28(30,31)32)37-25(39)41)19-10-11-22-20(14-19)36-24(40(22)17-43-12-13-46(7,8)9)21(38-45(42)26(2,3)4)16-44-27(5,6)29(33,34)35/h10-11,14,18,21,23,38H,12-13,15-17H2,1-9H3,(H,37,41)/t18-,21+,23+,45-/m1/s1. The van der Waals surface area contributed by atoms with Gasteiger partial charge in [-0.25, -0.2) is 18.7 Å². The molecule has 1 aromatic carbocycles. The molecule has 2 aromatic rings. The SMILES string of the molecule is C[C@H](c1ccc2c(c1)nc([C@H](COC(C)(C)C(F)(F)F)N[S@](=O)C(C)(C)C)n2COCC[Si](C)(C)C)N1C[C@@H](C(F)(F)F)NC1=O. The summed E-state index contributed by atoms with van der Waals surface area (Å²) in [7, 11) is -3.19. The van der Waals surface area contributed by atoms with Crippen molar-refractivity contribution in [3.8, 4) is 0 Å². The van der Waals surface area contributed by atoms with Crippen LogP contribution in [0.15, 0.2) is 18.2 Å². The lowest BCUT2D eigenvalue weighted by atomic mass is 10.1. The molecular weight excluding hydrogens is 656 g/mol. The van der Waals surface area contributed by atoms with Gasteiger partial charge in [0.2, 0.25) is 0 Å². The van der Waals surface area contributed by atoms with Gasteiger partial charge in [0.25, 0.3) is 0 Å². The zero-order valence-corrected chi connectivity index (χ0v) is 29.5. The molecule has 1 saturated heterocycles. The number of amides is 2. The summed E-state index contributed by atoms with van der Waals surface area (Å²) in [6.45, 7) is 14.4. The summed E-state index contributed by atoms with van der Waals surface area (Å²) in [4.78, 5) is 18.2. The number of halogens is 6. The predicted molar refractivity (Wildman–Crippen MR) is 167 cm³/mol. The van der Waals surface area contributed by atoms with Crippen LogP contribution in [-0.4, -0.2) is 81.3 Å². The molecule has 2 amide bonds. The summed E-state index contributed by atoms with van der Waals surface area (Å²) in [6.07, 6.45) is -9.28. The third-order valence-corrected chi connectivity index (χ3v) is 11.0.